The molecule has 0 fully saturated rings. The van der Waals surface area contributed by atoms with Crippen molar-refractivity contribution >= 4 is 0 Å². The molecule has 0 radical (unpaired) electrons. The van der Waals surface area contributed by atoms with E-state index in [4.69, 9.17) is 5.73 Å². The topological polar surface area (TPSA) is 60.9 Å². The number of hydrogen-bond acceptors (Lipinski definition) is 3. The molecule has 0 aliphatic rings. The van der Waals surface area contributed by atoms with Crippen molar-refractivity contribution in [1.82, 2.24) is 9.55 Å². The van der Waals surface area contributed by atoms with Gasteiger partial charge in [-0.3, -0.25) is 9.36 Å². The van der Waals surface area contributed by atoms with Crippen molar-refractivity contribution < 1.29 is 13.2 Å². The fourth-order valence-corrected chi connectivity index (χ4v) is 1.75. The molecular formula is C13H12F3N3O. The van der Waals surface area contributed by atoms with Crippen LogP contribution in [0.1, 0.15) is 17.2 Å². The lowest BCUT2D eigenvalue weighted by atomic mass is 10.1. The number of hydrogen-bond donors (Lipinski definition) is 1. The molecule has 106 valence electrons. The van der Waals surface area contributed by atoms with E-state index >= 15 is 0 Å². The first-order valence-corrected chi connectivity index (χ1v) is 5.81. The average Bonchev–Trinajstić information content (AvgIpc) is 2.40. The summed E-state index contributed by atoms with van der Waals surface area (Å²) >= 11 is 0. The lowest BCUT2D eigenvalue weighted by Crippen LogP contribution is -2.26. The first-order chi connectivity index (χ1) is 9.38. The summed E-state index contributed by atoms with van der Waals surface area (Å²) in [6.07, 6.45) is -1.67. The third-order valence-corrected chi connectivity index (χ3v) is 2.85. The van der Waals surface area contributed by atoms with Gasteiger partial charge in [-0.1, -0.05) is 12.1 Å². The minimum absolute atomic E-state index is 0.151. The fraction of sp³-hybridized carbons (Fsp3) is 0.231. The molecule has 0 saturated heterocycles. The number of nitrogens with two attached hydrogens (primary N) is 1. The molecule has 1 unspecified atom stereocenters. The number of rotatable bonds is 3. The van der Waals surface area contributed by atoms with Crippen LogP contribution in [0.2, 0.25) is 0 Å². The molecule has 20 heavy (non-hydrogen) atoms. The summed E-state index contributed by atoms with van der Waals surface area (Å²) in [5.74, 6) is 0. The Bertz CT molecular complexity index is 634. The fourth-order valence-electron chi connectivity index (χ4n) is 1.75. The van der Waals surface area contributed by atoms with E-state index in [-0.39, 0.29) is 12.1 Å². The highest BCUT2D eigenvalue weighted by molar-refractivity contribution is 5.26. The average molecular weight is 283 g/mol. The molecule has 2 aromatic rings. The summed E-state index contributed by atoms with van der Waals surface area (Å²) in [5, 5.41) is 0. The van der Waals surface area contributed by atoms with Gasteiger partial charge in [0.1, 0.15) is 0 Å². The van der Waals surface area contributed by atoms with Crippen molar-refractivity contribution in [1.29, 1.82) is 0 Å². The molecule has 1 aromatic carbocycles. The Balaban J connectivity index is 2.16. The highest BCUT2D eigenvalue weighted by Gasteiger charge is 2.30. The van der Waals surface area contributed by atoms with Gasteiger partial charge < -0.3 is 5.73 Å². The highest BCUT2D eigenvalue weighted by Crippen LogP contribution is 2.29. The van der Waals surface area contributed by atoms with E-state index < -0.39 is 17.8 Å². The Morgan fingerprint density at radius 1 is 1.20 bits per heavy atom. The van der Waals surface area contributed by atoms with Gasteiger partial charge in [-0.05, 0) is 17.7 Å². The molecule has 0 aliphatic carbocycles. The van der Waals surface area contributed by atoms with E-state index in [0.717, 1.165) is 12.1 Å². The molecule has 2 N–H and O–H groups in total. The van der Waals surface area contributed by atoms with E-state index in [0.29, 0.717) is 5.56 Å². The zero-order chi connectivity index (χ0) is 14.8. The second-order valence-electron chi connectivity index (χ2n) is 4.30. The highest BCUT2D eigenvalue weighted by atomic mass is 19.4. The molecule has 0 amide bonds. The Kier molecular flexibility index (Phi) is 3.89. The molecule has 2 rings (SSSR count). The van der Waals surface area contributed by atoms with Crippen LogP contribution in [0.5, 0.6) is 0 Å². The van der Waals surface area contributed by atoms with Gasteiger partial charge >= 0.3 is 6.18 Å². The molecule has 0 bridgehead atoms. The molecule has 7 heteroatoms. The van der Waals surface area contributed by atoms with Crippen LogP contribution in [0.25, 0.3) is 0 Å². The van der Waals surface area contributed by atoms with Crippen molar-refractivity contribution in [2.45, 2.75) is 18.8 Å². The standard InChI is InChI=1S/C13H12F3N3O/c14-13(15,16)10-3-1-9(2-4-10)11(17)7-19-8-18-6-5-12(19)20/h1-6,8,11H,7,17H2. The van der Waals surface area contributed by atoms with Crippen LogP contribution in [0.3, 0.4) is 0 Å². The maximum absolute atomic E-state index is 12.4. The molecule has 0 aliphatic heterocycles. The van der Waals surface area contributed by atoms with Crippen LogP contribution in [0.15, 0.2) is 47.7 Å². The van der Waals surface area contributed by atoms with Crippen LogP contribution in [0, 0.1) is 0 Å². The van der Waals surface area contributed by atoms with Crippen LogP contribution in [0.4, 0.5) is 13.2 Å². The molecule has 1 heterocycles. The zero-order valence-electron chi connectivity index (χ0n) is 10.3. The molecular weight excluding hydrogens is 271 g/mol. The molecule has 0 saturated carbocycles. The summed E-state index contributed by atoms with van der Waals surface area (Å²) < 4.78 is 38.6. The van der Waals surface area contributed by atoms with Gasteiger partial charge in [0.15, 0.2) is 0 Å². The minimum Gasteiger partial charge on any atom is -0.322 e. The Morgan fingerprint density at radius 3 is 2.40 bits per heavy atom. The SMILES string of the molecule is NC(Cn1cnccc1=O)c1ccc(C(F)(F)F)cc1. The normalized spacial score (nSPS) is 13.2. The van der Waals surface area contributed by atoms with Crippen molar-refractivity contribution in [3.8, 4) is 0 Å². The van der Waals surface area contributed by atoms with E-state index in [2.05, 4.69) is 4.98 Å². The minimum atomic E-state index is -4.37. The monoisotopic (exact) mass is 283 g/mol. The predicted molar refractivity (Wildman–Crippen MR) is 66.9 cm³/mol. The summed E-state index contributed by atoms with van der Waals surface area (Å²) in [5.41, 5.74) is 5.42. The summed E-state index contributed by atoms with van der Waals surface area (Å²) in [4.78, 5) is 15.3. The van der Waals surface area contributed by atoms with E-state index in [1.54, 1.807) is 0 Å². The molecule has 1 atom stereocenters. The first-order valence-electron chi connectivity index (χ1n) is 5.81. The predicted octanol–water partition coefficient (Wildman–Crippen LogP) is 1.96. The summed E-state index contributed by atoms with van der Waals surface area (Å²) in [6.45, 7) is 0.151. The summed E-state index contributed by atoms with van der Waals surface area (Å²) in [7, 11) is 0. The maximum Gasteiger partial charge on any atom is 0.416 e. The molecule has 1 aromatic heterocycles. The maximum atomic E-state index is 12.4. The van der Waals surface area contributed by atoms with Gasteiger partial charge in [-0.2, -0.15) is 13.2 Å². The zero-order valence-corrected chi connectivity index (χ0v) is 10.3. The van der Waals surface area contributed by atoms with Gasteiger partial charge in [-0.15, -0.1) is 0 Å². The first kappa shape index (κ1) is 14.3. The summed E-state index contributed by atoms with van der Waals surface area (Å²) in [6, 6.07) is 5.28. The van der Waals surface area contributed by atoms with Gasteiger partial charge in [0.25, 0.3) is 5.56 Å². The second kappa shape index (κ2) is 5.46. The Labute approximate surface area is 112 Å². The second-order valence-corrected chi connectivity index (χ2v) is 4.30. The third kappa shape index (κ3) is 3.24. The van der Waals surface area contributed by atoms with Crippen molar-refractivity contribution in [2.24, 2.45) is 5.73 Å². The quantitative estimate of drug-likeness (QED) is 0.936. The van der Waals surface area contributed by atoms with Crippen LogP contribution in [-0.4, -0.2) is 9.55 Å². The van der Waals surface area contributed by atoms with Gasteiger partial charge in [0, 0.05) is 24.8 Å². The van der Waals surface area contributed by atoms with Gasteiger partial charge in [0.05, 0.1) is 11.9 Å². The van der Waals surface area contributed by atoms with Crippen molar-refractivity contribution in [3.05, 3.63) is 64.3 Å². The van der Waals surface area contributed by atoms with E-state index in [1.165, 1.54) is 35.3 Å². The van der Waals surface area contributed by atoms with Crippen LogP contribution < -0.4 is 11.3 Å². The Hall–Kier alpha value is -2.15. The smallest absolute Gasteiger partial charge is 0.322 e. The number of nitrogens with zero attached hydrogens (tertiary/aromatic N) is 2. The van der Waals surface area contributed by atoms with E-state index in [1.807, 2.05) is 0 Å². The van der Waals surface area contributed by atoms with Gasteiger partial charge in [0.2, 0.25) is 0 Å². The molecule has 0 spiro atoms. The van der Waals surface area contributed by atoms with Gasteiger partial charge in [-0.25, -0.2) is 4.98 Å². The number of benzene rings is 1. The van der Waals surface area contributed by atoms with Crippen LogP contribution in [-0.2, 0) is 12.7 Å². The van der Waals surface area contributed by atoms with Crippen molar-refractivity contribution in [2.75, 3.05) is 0 Å². The lowest BCUT2D eigenvalue weighted by Gasteiger charge is -2.14. The largest absolute Gasteiger partial charge is 0.416 e. The van der Waals surface area contributed by atoms with Crippen LogP contribution >= 0.6 is 0 Å². The number of halogens is 3. The lowest BCUT2D eigenvalue weighted by molar-refractivity contribution is -0.137. The number of alkyl halides is 3. The third-order valence-electron chi connectivity index (χ3n) is 2.85. The molecule has 4 nitrogen and oxygen atoms in total. The number of aromatic nitrogens is 2. The Morgan fingerprint density at radius 2 is 1.85 bits per heavy atom. The van der Waals surface area contributed by atoms with Crippen molar-refractivity contribution in [3.63, 3.8) is 0 Å². The van der Waals surface area contributed by atoms with E-state index in [9.17, 15) is 18.0 Å².